The van der Waals surface area contributed by atoms with Crippen LogP contribution in [0.15, 0.2) is 0 Å². The lowest BCUT2D eigenvalue weighted by Gasteiger charge is -2.39. The zero-order chi connectivity index (χ0) is 13.9. The molecule has 0 spiro atoms. The van der Waals surface area contributed by atoms with Crippen molar-refractivity contribution in [2.24, 2.45) is 5.92 Å². The molecule has 0 saturated carbocycles. The molecule has 0 aromatic heterocycles. The van der Waals surface area contributed by atoms with Gasteiger partial charge in [-0.1, -0.05) is 0 Å². The Bertz CT molecular complexity index is 328. The van der Waals surface area contributed by atoms with Crippen molar-refractivity contribution < 1.29 is 14.7 Å². The van der Waals surface area contributed by atoms with Crippen LogP contribution >= 0.6 is 0 Å². The van der Waals surface area contributed by atoms with Crippen LogP contribution in [0.4, 0.5) is 0 Å². The summed E-state index contributed by atoms with van der Waals surface area (Å²) < 4.78 is 0. The van der Waals surface area contributed by atoms with Crippen molar-refractivity contribution in [3.8, 4) is 0 Å². The molecule has 1 unspecified atom stereocenters. The third kappa shape index (κ3) is 3.22. The highest BCUT2D eigenvalue weighted by atomic mass is 16.3. The number of carbonyl (C=O) groups is 2. The minimum Gasteiger partial charge on any atom is -0.394 e. The number of amides is 2. The Hall–Kier alpha value is -1.10. The molecule has 1 fully saturated rings. The molecule has 0 aliphatic carbocycles. The number of hydrogen-bond donors (Lipinski definition) is 1. The van der Waals surface area contributed by atoms with Crippen LogP contribution < -0.4 is 0 Å². The highest BCUT2D eigenvalue weighted by molar-refractivity contribution is 5.81. The van der Waals surface area contributed by atoms with E-state index in [0.29, 0.717) is 6.54 Å². The quantitative estimate of drug-likeness (QED) is 0.798. The summed E-state index contributed by atoms with van der Waals surface area (Å²) in [4.78, 5) is 27.0. The summed E-state index contributed by atoms with van der Waals surface area (Å²) in [6.07, 6.45) is 1.68. The van der Waals surface area contributed by atoms with E-state index in [-0.39, 0.29) is 24.3 Å². The minimum atomic E-state index is -0.560. The fourth-order valence-electron chi connectivity index (χ4n) is 2.14. The fraction of sp³-hybridized carbons (Fsp3) is 0.846. The normalized spacial score (nSPS) is 20.7. The van der Waals surface area contributed by atoms with Gasteiger partial charge in [0.1, 0.15) is 0 Å². The Kier molecular flexibility index (Phi) is 4.73. The molecule has 5 nitrogen and oxygen atoms in total. The van der Waals surface area contributed by atoms with Gasteiger partial charge in [-0.05, 0) is 26.7 Å². The van der Waals surface area contributed by atoms with Crippen molar-refractivity contribution in [2.45, 2.75) is 39.2 Å². The van der Waals surface area contributed by atoms with Gasteiger partial charge in [-0.25, -0.2) is 0 Å². The van der Waals surface area contributed by atoms with Gasteiger partial charge in [0.2, 0.25) is 11.8 Å². The lowest BCUT2D eigenvalue weighted by Crippen LogP contribution is -2.53. The second-order valence-corrected chi connectivity index (χ2v) is 5.67. The zero-order valence-electron chi connectivity index (χ0n) is 11.8. The van der Waals surface area contributed by atoms with Gasteiger partial charge in [0.05, 0.1) is 18.1 Å². The summed E-state index contributed by atoms with van der Waals surface area (Å²) in [5.41, 5.74) is -0.560. The lowest BCUT2D eigenvalue weighted by molar-refractivity contribution is -0.144. The van der Waals surface area contributed by atoms with Crippen molar-refractivity contribution in [2.75, 3.05) is 26.7 Å². The molecular formula is C13H24N2O3. The number of aliphatic hydroxyl groups is 1. The number of rotatable bonds is 3. The van der Waals surface area contributed by atoms with Crippen LogP contribution in [0.25, 0.3) is 0 Å². The second-order valence-electron chi connectivity index (χ2n) is 5.67. The number of hydrogen-bond acceptors (Lipinski definition) is 3. The molecule has 0 aromatic rings. The molecule has 0 bridgehead atoms. The van der Waals surface area contributed by atoms with E-state index < -0.39 is 5.54 Å². The predicted molar refractivity (Wildman–Crippen MR) is 68.9 cm³/mol. The molecule has 2 amide bonds. The van der Waals surface area contributed by atoms with Crippen LogP contribution in [0.1, 0.15) is 33.6 Å². The number of likely N-dealkylation sites (N-methyl/N-ethyl adjacent to an activating group) is 1. The minimum absolute atomic E-state index is 0.0139. The molecule has 104 valence electrons. The van der Waals surface area contributed by atoms with Crippen LogP contribution in [0.5, 0.6) is 0 Å². The Morgan fingerprint density at radius 2 is 2.06 bits per heavy atom. The van der Waals surface area contributed by atoms with Crippen LogP contribution in [0, 0.1) is 5.92 Å². The molecule has 1 N–H and O–H groups in total. The molecule has 18 heavy (non-hydrogen) atoms. The molecule has 1 rings (SSSR count). The van der Waals surface area contributed by atoms with Gasteiger partial charge < -0.3 is 14.9 Å². The molecule has 1 aliphatic rings. The van der Waals surface area contributed by atoms with E-state index in [1.807, 2.05) is 13.8 Å². The maximum atomic E-state index is 12.3. The van der Waals surface area contributed by atoms with Gasteiger partial charge in [-0.15, -0.1) is 0 Å². The van der Waals surface area contributed by atoms with Gasteiger partial charge >= 0.3 is 0 Å². The number of likely N-dealkylation sites (tertiary alicyclic amines) is 1. The second kappa shape index (κ2) is 5.69. The third-order valence-electron chi connectivity index (χ3n) is 3.84. The van der Waals surface area contributed by atoms with Crippen molar-refractivity contribution >= 4 is 11.8 Å². The van der Waals surface area contributed by atoms with Gasteiger partial charge in [-0.3, -0.25) is 9.59 Å². The van der Waals surface area contributed by atoms with Crippen molar-refractivity contribution in [1.82, 2.24) is 9.80 Å². The van der Waals surface area contributed by atoms with Crippen molar-refractivity contribution in [3.63, 3.8) is 0 Å². The van der Waals surface area contributed by atoms with E-state index in [1.54, 1.807) is 16.8 Å². The van der Waals surface area contributed by atoms with Gasteiger partial charge in [0.25, 0.3) is 0 Å². The Morgan fingerprint density at radius 1 is 1.44 bits per heavy atom. The van der Waals surface area contributed by atoms with E-state index in [0.717, 1.165) is 19.4 Å². The van der Waals surface area contributed by atoms with Crippen LogP contribution in [-0.4, -0.2) is 59.0 Å². The highest BCUT2D eigenvalue weighted by Crippen LogP contribution is 2.22. The largest absolute Gasteiger partial charge is 0.394 e. The summed E-state index contributed by atoms with van der Waals surface area (Å²) >= 11 is 0. The topological polar surface area (TPSA) is 60.9 Å². The van der Waals surface area contributed by atoms with Crippen molar-refractivity contribution in [1.29, 1.82) is 0 Å². The predicted octanol–water partition coefficient (Wildman–Crippen LogP) is 0.474. The van der Waals surface area contributed by atoms with Crippen molar-refractivity contribution in [3.05, 3.63) is 0 Å². The van der Waals surface area contributed by atoms with E-state index in [9.17, 15) is 14.7 Å². The van der Waals surface area contributed by atoms with E-state index in [1.165, 1.54) is 6.92 Å². The number of carbonyl (C=O) groups excluding carboxylic acids is 2. The average Bonchev–Trinajstić information content (AvgIpc) is 2.37. The fourth-order valence-corrected chi connectivity index (χ4v) is 2.14. The Balaban J connectivity index is 2.69. The van der Waals surface area contributed by atoms with Crippen LogP contribution in [0.3, 0.4) is 0 Å². The molecule has 5 heteroatoms. The van der Waals surface area contributed by atoms with E-state index in [4.69, 9.17) is 0 Å². The van der Waals surface area contributed by atoms with Gasteiger partial charge in [0.15, 0.2) is 0 Å². The summed E-state index contributed by atoms with van der Waals surface area (Å²) in [6, 6.07) is 0. The molecular weight excluding hydrogens is 232 g/mol. The highest BCUT2D eigenvalue weighted by Gasteiger charge is 2.34. The smallest absolute Gasteiger partial charge is 0.227 e. The summed E-state index contributed by atoms with van der Waals surface area (Å²) in [5, 5.41) is 9.29. The first-order chi connectivity index (χ1) is 8.29. The SMILES string of the molecule is CC(=O)N1CCCC(C(=O)N(C)C(C)(C)CO)C1. The van der Waals surface area contributed by atoms with Crippen LogP contribution in [0.2, 0.25) is 0 Å². The molecule has 1 heterocycles. The zero-order valence-corrected chi connectivity index (χ0v) is 11.8. The summed E-state index contributed by atoms with van der Waals surface area (Å²) in [6.45, 7) is 6.37. The molecule has 0 aromatic carbocycles. The first kappa shape index (κ1) is 15.0. The summed E-state index contributed by atoms with van der Waals surface area (Å²) in [5.74, 6) is -0.102. The molecule has 1 atom stereocenters. The van der Waals surface area contributed by atoms with Gasteiger partial charge in [0, 0.05) is 27.1 Å². The summed E-state index contributed by atoms with van der Waals surface area (Å²) in [7, 11) is 1.71. The van der Waals surface area contributed by atoms with Crippen LogP contribution in [-0.2, 0) is 9.59 Å². The molecule has 1 saturated heterocycles. The number of nitrogens with zero attached hydrogens (tertiary/aromatic N) is 2. The first-order valence-electron chi connectivity index (χ1n) is 6.43. The average molecular weight is 256 g/mol. The first-order valence-corrected chi connectivity index (χ1v) is 6.43. The lowest BCUT2D eigenvalue weighted by atomic mass is 9.94. The maximum absolute atomic E-state index is 12.3. The number of aliphatic hydroxyl groups excluding tert-OH is 1. The molecule has 1 aliphatic heterocycles. The number of piperidine rings is 1. The van der Waals surface area contributed by atoms with E-state index >= 15 is 0 Å². The molecule has 0 radical (unpaired) electrons. The monoisotopic (exact) mass is 256 g/mol. The Labute approximate surface area is 109 Å². The van der Waals surface area contributed by atoms with E-state index in [2.05, 4.69) is 0 Å². The van der Waals surface area contributed by atoms with Gasteiger partial charge in [-0.2, -0.15) is 0 Å². The standard InChI is InChI=1S/C13H24N2O3/c1-10(17)15-7-5-6-11(8-15)12(18)14(4)13(2,3)9-16/h11,16H,5-9H2,1-4H3. The third-order valence-corrected chi connectivity index (χ3v) is 3.84. The maximum Gasteiger partial charge on any atom is 0.227 e. The Morgan fingerprint density at radius 3 is 2.56 bits per heavy atom.